The van der Waals surface area contributed by atoms with E-state index in [2.05, 4.69) is 20.9 Å². The Labute approximate surface area is 135 Å². The van der Waals surface area contributed by atoms with Crippen LogP contribution in [0.3, 0.4) is 0 Å². The topological polar surface area (TPSA) is 83.1 Å². The van der Waals surface area contributed by atoms with Crippen molar-refractivity contribution in [3.8, 4) is 0 Å². The summed E-state index contributed by atoms with van der Waals surface area (Å²) in [5, 5.41) is 8.14. The number of anilines is 1. The van der Waals surface area contributed by atoms with E-state index in [9.17, 15) is 9.59 Å². The van der Waals surface area contributed by atoms with Gasteiger partial charge in [-0.1, -0.05) is 24.3 Å². The summed E-state index contributed by atoms with van der Waals surface area (Å²) in [5.74, 6) is -0.0963. The van der Waals surface area contributed by atoms with Crippen LogP contribution >= 0.6 is 0 Å². The standard InChI is InChI=1S/C17H20N4O2/c22-16(19-12-9-14-6-4-5-11-18-14)10-13-20-17(23)21-15-7-2-1-3-8-15/h1-8,11H,9-10,12-13H2,(H,19,22)(H2,20,21,23). The molecule has 0 saturated heterocycles. The number of nitrogens with one attached hydrogen (secondary N) is 3. The van der Waals surface area contributed by atoms with Crippen molar-refractivity contribution in [1.82, 2.24) is 15.6 Å². The predicted molar refractivity (Wildman–Crippen MR) is 89.0 cm³/mol. The monoisotopic (exact) mass is 312 g/mol. The second kappa shape index (κ2) is 9.19. The van der Waals surface area contributed by atoms with Crippen LogP contribution in [0.15, 0.2) is 54.7 Å². The van der Waals surface area contributed by atoms with Crippen LogP contribution in [0.25, 0.3) is 0 Å². The highest BCUT2D eigenvalue weighted by Gasteiger charge is 2.04. The summed E-state index contributed by atoms with van der Waals surface area (Å²) < 4.78 is 0. The van der Waals surface area contributed by atoms with Gasteiger partial charge in [-0.05, 0) is 24.3 Å². The van der Waals surface area contributed by atoms with Gasteiger partial charge in [0.25, 0.3) is 0 Å². The lowest BCUT2D eigenvalue weighted by Gasteiger charge is -2.08. The van der Waals surface area contributed by atoms with Crippen molar-refractivity contribution in [2.45, 2.75) is 12.8 Å². The largest absolute Gasteiger partial charge is 0.356 e. The van der Waals surface area contributed by atoms with Crippen LogP contribution in [0.1, 0.15) is 12.1 Å². The smallest absolute Gasteiger partial charge is 0.319 e. The number of aromatic nitrogens is 1. The molecule has 120 valence electrons. The Hall–Kier alpha value is -2.89. The number of hydrogen-bond donors (Lipinski definition) is 3. The van der Waals surface area contributed by atoms with Crippen LogP contribution in [0, 0.1) is 0 Å². The molecular formula is C17H20N4O2. The molecule has 1 heterocycles. The minimum absolute atomic E-state index is 0.0963. The van der Waals surface area contributed by atoms with Crippen LogP contribution in [0.4, 0.5) is 10.5 Å². The fourth-order valence-electron chi connectivity index (χ4n) is 1.95. The van der Waals surface area contributed by atoms with Crippen molar-refractivity contribution in [2.75, 3.05) is 18.4 Å². The Bertz CT molecular complexity index is 617. The van der Waals surface area contributed by atoms with E-state index in [1.165, 1.54) is 0 Å². The maximum atomic E-state index is 11.7. The third-order valence-corrected chi connectivity index (χ3v) is 3.10. The van der Waals surface area contributed by atoms with Crippen LogP contribution in [0.5, 0.6) is 0 Å². The zero-order chi connectivity index (χ0) is 16.3. The summed E-state index contributed by atoms with van der Waals surface area (Å²) >= 11 is 0. The highest BCUT2D eigenvalue weighted by Crippen LogP contribution is 2.03. The molecule has 0 bridgehead atoms. The van der Waals surface area contributed by atoms with Crippen molar-refractivity contribution >= 4 is 17.6 Å². The molecule has 0 radical (unpaired) electrons. The molecule has 1 aromatic carbocycles. The van der Waals surface area contributed by atoms with E-state index < -0.39 is 0 Å². The molecule has 3 N–H and O–H groups in total. The van der Waals surface area contributed by atoms with Crippen molar-refractivity contribution in [2.24, 2.45) is 0 Å². The van der Waals surface area contributed by atoms with Crippen molar-refractivity contribution in [3.05, 3.63) is 60.4 Å². The van der Waals surface area contributed by atoms with Crippen LogP contribution in [-0.2, 0) is 11.2 Å². The fraction of sp³-hybridized carbons (Fsp3) is 0.235. The number of hydrogen-bond acceptors (Lipinski definition) is 3. The van der Waals surface area contributed by atoms with E-state index in [0.717, 1.165) is 5.69 Å². The predicted octanol–water partition coefficient (Wildman–Crippen LogP) is 1.95. The highest BCUT2D eigenvalue weighted by atomic mass is 16.2. The van der Waals surface area contributed by atoms with Gasteiger partial charge >= 0.3 is 6.03 Å². The van der Waals surface area contributed by atoms with Gasteiger partial charge in [-0.2, -0.15) is 0 Å². The summed E-state index contributed by atoms with van der Waals surface area (Å²) in [5.41, 5.74) is 1.65. The van der Waals surface area contributed by atoms with Gasteiger partial charge in [-0.15, -0.1) is 0 Å². The molecule has 0 unspecified atom stereocenters. The first kappa shape index (κ1) is 16.5. The van der Waals surface area contributed by atoms with Gasteiger partial charge in [0, 0.05) is 43.5 Å². The van der Waals surface area contributed by atoms with Crippen molar-refractivity contribution in [3.63, 3.8) is 0 Å². The van der Waals surface area contributed by atoms with Gasteiger partial charge in [0.1, 0.15) is 0 Å². The number of rotatable bonds is 7. The van der Waals surface area contributed by atoms with Gasteiger partial charge in [0.05, 0.1) is 0 Å². The number of carbonyl (C=O) groups excluding carboxylic acids is 2. The van der Waals surface area contributed by atoms with Gasteiger partial charge in [-0.3, -0.25) is 9.78 Å². The average Bonchev–Trinajstić information content (AvgIpc) is 2.57. The normalized spacial score (nSPS) is 9.91. The summed E-state index contributed by atoms with van der Waals surface area (Å²) in [6.45, 7) is 0.820. The van der Waals surface area contributed by atoms with E-state index in [1.54, 1.807) is 18.3 Å². The number of para-hydroxylation sites is 1. The molecule has 0 atom stereocenters. The zero-order valence-corrected chi connectivity index (χ0v) is 12.8. The number of urea groups is 1. The fourth-order valence-corrected chi connectivity index (χ4v) is 1.95. The molecule has 3 amide bonds. The van der Waals surface area contributed by atoms with E-state index >= 15 is 0 Å². The minimum atomic E-state index is -0.322. The molecule has 2 aromatic rings. The first-order chi connectivity index (χ1) is 11.2. The Balaban J connectivity index is 1.56. The number of nitrogens with zero attached hydrogens (tertiary/aromatic N) is 1. The summed E-state index contributed by atoms with van der Waals surface area (Å²) in [6, 6.07) is 14.5. The van der Waals surface area contributed by atoms with Crippen LogP contribution in [0.2, 0.25) is 0 Å². The Kier molecular flexibility index (Phi) is 6.59. The highest BCUT2D eigenvalue weighted by molar-refractivity contribution is 5.89. The molecule has 1 aromatic heterocycles. The molecule has 2 rings (SSSR count). The zero-order valence-electron chi connectivity index (χ0n) is 12.8. The molecule has 6 heteroatoms. The summed E-state index contributed by atoms with van der Waals surface area (Å²) in [7, 11) is 0. The van der Waals surface area contributed by atoms with E-state index in [0.29, 0.717) is 18.7 Å². The van der Waals surface area contributed by atoms with Crippen molar-refractivity contribution < 1.29 is 9.59 Å². The molecule has 6 nitrogen and oxygen atoms in total. The van der Waals surface area contributed by atoms with Gasteiger partial charge in [-0.25, -0.2) is 4.79 Å². The van der Waals surface area contributed by atoms with E-state index in [4.69, 9.17) is 0 Å². The van der Waals surface area contributed by atoms with Gasteiger partial charge in [0.2, 0.25) is 5.91 Å². The Morgan fingerprint density at radius 1 is 0.913 bits per heavy atom. The third kappa shape index (κ3) is 6.60. The summed E-state index contributed by atoms with van der Waals surface area (Å²) in [4.78, 5) is 27.5. The molecule has 23 heavy (non-hydrogen) atoms. The first-order valence-electron chi connectivity index (χ1n) is 7.50. The molecule has 0 aliphatic carbocycles. The van der Waals surface area contributed by atoms with Gasteiger partial charge in [0.15, 0.2) is 0 Å². The molecular weight excluding hydrogens is 292 g/mol. The molecule has 0 spiro atoms. The van der Waals surface area contributed by atoms with Gasteiger partial charge < -0.3 is 16.0 Å². The second-order valence-electron chi connectivity index (χ2n) is 4.92. The first-order valence-corrected chi connectivity index (χ1v) is 7.50. The molecule has 0 aliphatic heterocycles. The average molecular weight is 312 g/mol. The number of carbonyl (C=O) groups is 2. The molecule has 0 aliphatic rings. The number of amides is 3. The molecule has 0 fully saturated rings. The number of benzene rings is 1. The quantitative estimate of drug-likeness (QED) is 0.731. The SMILES string of the molecule is O=C(CCNC(=O)Nc1ccccc1)NCCc1ccccn1. The molecule has 0 saturated carbocycles. The second-order valence-corrected chi connectivity index (χ2v) is 4.92. The van der Waals surface area contributed by atoms with Crippen LogP contribution < -0.4 is 16.0 Å². The van der Waals surface area contributed by atoms with Crippen molar-refractivity contribution in [1.29, 1.82) is 0 Å². The minimum Gasteiger partial charge on any atom is -0.356 e. The lowest BCUT2D eigenvalue weighted by atomic mass is 10.2. The Morgan fingerprint density at radius 3 is 2.43 bits per heavy atom. The maximum Gasteiger partial charge on any atom is 0.319 e. The summed E-state index contributed by atoms with van der Waals surface area (Å²) in [6.07, 6.45) is 2.66. The van der Waals surface area contributed by atoms with E-state index in [-0.39, 0.29) is 24.9 Å². The third-order valence-electron chi connectivity index (χ3n) is 3.10. The lowest BCUT2D eigenvalue weighted by Crippen LogP contribution is -2.33. The lowest BCUT2D eigenvalue weighted by molar-refractivity contribution is -0.120. The van der Waals surface area contributed by atoms with Crippen LogP contribution in [-0.4, -0.2) is 30.0 Å². The maximum absolute atomic E-state index is 11.7. The Morgan fingerprint density at radius 2 is 1.70 bits per heavy atom. The number of pyridine rings is 1. The van der Waals surface area contributed by atoms with E-state index in [1.807, 2.05) is 36.4 Å².